The number of urea groups is 1. The summed E-state index contributed by atoms with van der Waals surface area (Å²) in [6.45, 7) is 4.58. The highest BCUT2D eigenvalue weighted by atomic mass is 32.2. The summed E-state index contributed by atoms with van der Waals surface area (Å²) >= 11 is 3.25. The molecule has 2 aliphatic heterocycles. The maximum Gasteiger partial charge on any atom is 0.327 e. The van der Waals surface area contributed by atoms with Gasteiger partial charge in [0, 0.05) is 17.2 Å². The minimum Gasteiger partial charge on any atom is -0.480 e. The molecular formula is C14H18N2O3S2. The molecule has 3 atom stereocenters. The fourth-order valence-corrected chi connectivity index (χ4v) is 5.17. The van der Waals surface area contributed by atoms with Gasteiger partial charge in [-0.25, -0.2) is 9.59 Å². The van der Waals surface area contributed by atoms with Crippen LogP contribution in [0.2, 0.25) is 0 Å². The van der Waals surface area contributed by atoms with Crippen LogP contribution in [0.5, 0.6) is 0 Å². The van der Waals surface area contributed by atoms with Crippen molar-refractivity contribution >= 4 is 35.1 Å². The van der Waals surface area contributed by atoms with Gasteiger partial charge in [-0.05, 0) is 37.3 Å². The number of rotatable bonds is 1. The molecule has 1 aromatic heterocycles. The molecule has 1 fully saturated rings. The van der Waals surface area contributed by atoms with Gasteiger partial charge in [0.05, 0.1) is 11.4 Å². The van der Waals surface area contributed by atoms with Gasteiger partial charge in [-0.15, -0.1) is 23.1 Å². The van der Waals surface area contributed by atoms with Gasteiger partial charge in [0.15, 0.2) is 0 Å². The molecule has 2 amide bonds. The summed E-state index contributed by atoms with van der Waals surface area (Å²) in [5.74, 6) is -0.449. The number of amides is 2. The van der Waals surface area contributed by atoms with E-state index >= 15 is 0 Å². The van der Waals surface area contributed by atoms with E-state index in [-0.39, 0.29) is 17.4 Å². The van der Waals surface area contributed by atoms with Crippen molar-refractivity contribution in [3.63, 3.8) is 0 Å². The zero-order chi connectivity index (χ0) is 15.1. The van der Waals surface area contributed by atoms with Crippen molar-refractivity contribution in [2.45, 2.75) is 37.7 Å². The fourth-order valence-electron chi connectivity index (χ4n) is 3.04. The number of hydrogen-bond acceptors (Lipinski definition) is 4. The lowest BCUT2D eigenvalue weighted by Crippen LogP contribution is -2.52. The van der Waals surface area contributed by atoms with Gasteiger partial charge in [0.25, 0.3) is 0 Å². The van der Waals surface area contributed by atoms with Gasteiger partial charge in [0.1, 0.15) is 6.04 Å². The summed E-state index contributed by atoms with van der Waals surface area (Å²) in [4.78, 5) is 28.9. The summed E-state index contributed by atoms with van der Waals surface area (Å²) in [5.41, 5.74) is 1.20. The molecular weight excluding hydrogens is 308 g/mol. The molecule has 1 saturated heterocycles. The summed E-state index contributed by atoms with van der Waals surface area (Å²) in [7, 11) is 0. The van der Waals surface area contributed by atoms with E-state index in [4.69, 9.17) is 0 Å². The molecule has 0 aromatic carbocycles. The van der Waals surface area contributed by atoms with Gasteiger partial charge < -0.3 is 10.0 Å². The average Bonchev–Trinajstić information content (AvgIpc) is 3.05. The largest absolute Gasteiger partial charge is 0.480 e. The van der Waals surface area contributed by atoms with Crippen LogP contribution in [0.25, 0.3) is 0 Å². The number of nitrogens with zero attached hydrogens (tertiary/aromatic N) is 2. The molecule has 3 rings (SSSR count). The molecule has 0 radical (unpaired) electrons. The van der Waals surface area contributed by atoms with Crippen molar-refractivity contribution in [2.75, 3.05) is 12.3 Å². The average molecular weight is 326 g/mol. The minimum absolute atomic E-state index is 0.0137. The Labute approximate surface area is 131 Å². The quantitative estimate of drug-likeness (QED) is 0.862. The molecule has 0 bridgehead atoms. The van der Waals surface area contributed by atoms with E-state index in [9.17, 15) is 14.7 Å². The highest BCUT2D eigenvalue weighted by Gasteiger charge is 2.43. The van der Waals surface area contributed by atoms with Gasteiger partial charge >= 0.3 is 12.0 Å². The van der Waals surface area contributed by atoms with Crippen LogP contribution in [-0.4, -0.2) is 50.6 Å². The van der Waals surface area contributed by atoms with Crippen LogP contribution < -0.4 is 0 Å². The van der Waals surface area contributed by atoms with Crippen LogP contribution in [0, 0.1) is 0 Å². The van der Waals surface area contributed by atoms with E-state index in [1.165, 1.54) is 27.1 Å². The number of carbonyl (C=O) groups excluding carboxylic acids is 1. The first-order valence-corrected chi connectivity index (χ1v) is 8.93. The van der Waals surface area contributed by atoms with Gasteiger partial charge in [-0.2, -0.15) is 0 Å². The maximum atomic E-state index is 12.8. The van der Waals surface area contributed by atoms with Crippen LogP contribution in [-0.2, 0) is 11.2 Å². The predicted octanol–water partition coefficient (Wildman–Crippen LogP) is 2.64. The molecule has 3 heterocycles. The summed E-state index contributed by atoms with van der Waals surface area (Å²) in [5, 5.41) is 11.3. The lowest BCUT2D eigenvalue weighted by molar-refractivity contribution is -0.141. The molecule has 3 unspecified atom stereocenters. The Morgan fingerprint density at radius 2 is 2.14 bits per heavy atom. The number of aliphatic carboxylic acids is 1. The number of fused-ring (bicyclic) bond motifs is 1. The highest BCUT2D eigenvalue weighted by Crippen LogP contribution is 2.36. The lowest BCUT2D eigenvalue weighted by Gasteiger charge is -2.38. The van der Waals surface area contributed by atoms with E-state index in [2.05, 4.69) is 11.4 Å². The number of hydrogen-bond donors (Lipinski definition) is 1. The zero-order valence-electron chi connectivity index (χ0n) is 12.0. The molecule has 0 saturated carbocycles. The monoisotopic (exact) mass is 326 g/mol. The van der Waals surface area contributed by atoms with Gasteiger partial charge in [-0.3, -0.25) is 4.90 Å². The van der Waals surface area contributed by atoms with Crippen molar-refractivity contribution in [3.8, 4) is 0 Å². The third kappa shape index (κ3) is 2.42. The molecule has 21 heavy (non-hydrogen) atoms. The summed E-state index contributed by atoms with van der Waals surface area (Å²) < 4.78 is 0. The number of thiophene rings is 1. The first-order valence-electron chi connectivity index (χ1n) is 7.00. The van der Waals surface area contributed by atoms with Crippen LogP contribution in [0.1, 0.15) is 30.3 Å². The van der Waals surface area contributed by atoms with E-state index in [1.807, 2.05) is 18.7 Å². The molecule has 0 spiro atoms. The number of carbonyl (C=O) groups is 2. The van der Waals surface area contributed by atoms with E-state index in [0.717, 1.165) is 6.42 Å². The second-order valence-electron chi connectivity index (χ2n) is 5.40. The molecule has 0 aliphatic carbocycles. The Morgan fingerprint density at radius 1 is 1.38 bits per heavy atom. The second kappa shape index (κ2) is 5.53. The van der Waals surface area contributed by atoms with Crippen LogP contribution >= 0.6 is 23.1 Å². The summed E-state index contributed by atoms with van der Waals surface area (Å²) in [6, 6.07) is 1.22. The smallest absolute Gasteiger partial charge is 0.327 e. The first kappa shape index (κ1) is 14.7. The first-order chi connectivity index (χ1) is 10.0. The lowest BCUT2D eigenvalue weighted by atomic mass is 10.0. The minimum atomic E-state index is -0.916. The Bertz CT molecular complexity index is 574. The Morgan fingerprint density at radius 3 is 2.86 bits per heavy atom. The van der Waals surface area contributed by atoms with E-state index in [1.54, 1.807) is 11.3 Å². The molecule has 1 N–H and O–H groups in total. The molecule has 1 aromatic rings. The van der Waals surface area contributed by atoms with Crippen molar-refractivity contribution in [1.29, 1.82) is 0 Å². The Balaban J connectivity index is 1.84. The third-order valence-electron chi connectivity index (χ3n) is 4.25. The Hall–Kier alpha value is -1.21. The Kier molecular flexibility index (Phi) is 3.88. The highest BCUT2D eigenvalue weighted by molar-refractivity contribution is 8.00. The number of carboxylic acid groups (broad SMARTS) is 1. The predicted molar refractivity (Wildman–Crippen MR) is 83.7 cm³/mol. The van der Waals surface area contributed by atoms with E-state index < -0.39 is 12.0 Å². The van der Waals surface area contributed by atoms with Crippen LogP contribution in [0.3, 0.4) is 0 Å². The van der Waals surface area contributed by atoms with Crippen LogP contribution in [0.15, 0.2) is 11.4 Å². The maximum absolute atomic E-state index is 12.8. The normalized spacial score (nSPS) is 28.6. The van der Waals surface area contributed by atoms with Crippen LogP contribution in [0.4, 0.5) is 4.79 Å². The summed E-state index contributed by atoms with van der Waals surface area (Å²) in [6.07, 6.45) is 0.857. The van der Waals surface area contributed by atoms with Crippen molar-refractivity contribution < 1.29 is 14.7 Å². The standard InChI is InChI=1S/C14H18N2O3S2/c1-8-10-4-6-20-12(10)3-5-15(8)14(19)16-9(2)21-7-11(16)13(17)18/h4,6,8-9,11H,3,5,7H2,1-2H3,(H,17,18). The molecule has 5 nitrogen and oxygen atoms in total. The SMILES string of the molecule is CC1c2ccsc2CCN1C(=O)N1C(C)SCC1C(=O)O. The molecule has 7 heteroatoms. The topological polar surface area (TPSA) is 60.9 Å². The van der Waals surface area contributed by atoms with Gasteiger partial charge in [-0.1, -0.05) is 0 Å². The van der Waals surface area contributed by atoms with Crippen molar-refractivity contribution in [3.05, 3.63) is 21.9 Å². The van der Waals surface area contributed by atoms with Crippen molar-refractivity contribution in [1.82, 2.24) is 9.80 Å². The third-order valence-corrected chi connectivity index (χ3v) is 6.47. The fraction of sp³-hybridized carbons (Fsp3) is 0.571. The number of carboxylic acids is 1. The second-order valence-corrected chi connectivity index (χ2v) is 7.74. The van der Waals surface area contributed by atoms with Crippen molar-refractivity contribution in [2.24, 2.45) is 0 Å². The van der Waals surface area contributed by atoms with Gasteiger partial charge in [0.2, 0.25) is 0 Å². The molecule has 2 aliphatic rings. The zero-order valence-corrected chi connectivity index (χ0v) is 13.6. The number of thioether (sulfide) groups is 1. The van der Waals surface area contributed by atoms with E-state index in [0.29, 0.717) is 12.3 Å². The molecule has 114 valence electrons.